The molecule has 0 heterocycles. The second kappa shape index (κ2) is 30.1. The van der Waals surface area contributed by atoms with E-state index >= 15 is 0 Å². The van der Waals surface area contributed by atoms with E-state index in [9.17, 15) is 28.8 Å². The van der Waals surface area contributed by atoms with Crippen LogP contribution in [0.1, 0.15) is 116 Å². The summed E-state index contributed by atoms with van der Waals surface area (Å²) in [5, 5.41) is 14.0. The molecule has 1 rings (SSSR count). The number of rotatable bonds is 19. The van der Waals surface area contributed by atoms with E-state index in [2.05, 4.69) is 10.6 Å². The van der Waals surface area contributed by atoms with Crippen LogP contribution in [-0.2, 0) is 47.7 Å². The summed E-state index contributed by atoms with van der Waals surface area (Å²) in [5.74, 6) is -2.41. The lowest BCUT2D eigenvalue weighted by Gasteiger charge is -2.25. The number of Topliss-reactive ketones (excluding diaryl/α,β-unsaturated/α-hetero) is 2. The minimum atomic E-state index is -1.21. The molecule has 1 fully saturated rings. The van der Waals surface area contributed by atoms with Gasteiger partial charge in [0.15, 0.2) is 11.6 Å². The molecule has 0 aromatic carbocycles. The van der Waals surface area contributed by atoms with Gasteiger partial charge in [-0.3, -0.25) is 28.8 Å². The average molecular weight is 699 g/mol. The summed E-state index contributed by atoms with van der Waals surface area (Å²) < 4.78 is 22.0. The Bertz CT molecular complexity index is 950. The molecule has 14 nitrogen and oxygen atoms in total. The topological polar surface area (TPSA) is 210 Å². The molecule has 0 saturated heterocycles. The molecule has 14 heteroatoms. The first-order chi connectivity index (χ1) is 23.8. The first-order valence-electron chi connectivity index (χ1n) is 18.1. The van der Waals surface area contributed by atoms with E-state index in [1.54, 1.807) is 6.29 Å². The number of hydrogen-bond acceptors (Lipinski definition) is 11. The monoisotopic (exact) mass is 698 g/mol. The molecule has 0 aliphatic heterocycles. The second-order valence-corrected chi connectivity index (χ2v) is 12.4. The highest BCUT2D eigenvalue weighted by Gasteiger charge is 2.34. The number of carbonyl (C=O) groups is 5. The van der Waals surface area contributed by atoms with Gasteiger partial charge in [0.2, 0.25) is 18.1 Å². The highest BCUT2D eigenvalue weighted by molar-refractivity contribution is 5.93. The number of carboxylic acid groups (broad SMARTS) is 1. The van der Waals surface area contributed by atoms with E-state index in [4.69, 9.17) is 29.8 Å². The van der Waals surface area contributed by atoms with Crippen LogP contribution in [-0.4, -0.2) is 112 Å². The molecule has 49 heavy (non-hydrogen) atoms. The Morgan fingerprint density at radius 2 is 1.16 bits per heavy atom. The van der Waals surface area contributed by atoms with Crippen LogP contribution in [0.4, 0.5) is 0 Å². The van der Waals surface area contributed by atoms with Gasteiger partial charge in [0, 0.05) is 32.4 Å². The van der Waals surface area contributed by atoms with Crippen molar-refractivity contribution in [3.05, 3.63) is 0 Å². The van der Waals surface area contributed by atoms with Crippen molar-refractivity contribution in [2.24, 2.45) is 5.73 Å². The summed E-state index contributed by atoms with van der Waals surface area (Å²) in [4.78, 5) is 72.1. The van der Waals surface area contributed by atoms with Gasteiger partial charge in [0.1, 0.15) is 31.5 Å². The number of nitrogens with two attached hydrogens (primary N) is 1. The fourth-order valence-electron chi connectivity index (χ4n) is 5.40. The number of ether oxygens (including phenoxy) is 4. The summed E-state index contributed by atoms with van der Waals surface area (Å²) in [6.07, 6.45) is 14.8. The number of ketones is 2. The van der Waals surface area contributed by atoms with Crippen LogP contribution in [0.2, 0.25) is 0 Å². The van der Waals surface area contributed by atoms with Crippen molar-refractivity contribution >= 4 is 35.6 Å². The van der Waals surface area contributed by atoms with E-state index < -0.39 is 36.7 Å². The van der Waals surface area contributed by atoms with Gasteiger partial charge in [-0.05, 0) is 19.3 Å². The Labute approximate surface area is 291 Å². The lowest BCUT2D eigenvalue weighted by molar-refractivity contribution is -0.152. The van der Waals surface area contributed by atoms with Gasteiger partial charge >= 0.3 is 5.97 Å². The summed E-state index contributed by atoms with van der Waals surface area (Å²) in [6.45, 7) is 0.116. The molecule has 1 aliphatic rings. The molecule has 0 bridgehead atoms. The van der Waals surface area contributed by atoms with Crippen LogP contribution < -0.4 is 16.4 Å². The van der Waals surface area contributed by atoms with E-state index in [0.717, 1.165) is 38.5 Å². The zero-order valence-corrected chi connectivity index (χ0v) is 29.2. The first kappa shape index (κ1) is 44.2. The van der Waals surface area contributed by atoms with Gasteiger partial charge < -0.3 is 40.4 Å². The predicted molar refractivity (Wildman–Crippen MR) is 182 cm³/mol. The molecule has 0 aromatic heterocycles. The van der Waals surface area contributed by atoms with E-state index in [1.165, 1.54) is 38.5 Å². The van der Waals surface area contributed by atoms with E-state index in [0.29, 0.717) is 12.8 Å². The van der Waals surface area contributed by atoms with E-state index in [1.807, 2.05) is 0 Å². The van der Waals surface area contributed by atoms with Crippen molar-refractivity contribution in [2.45, 2.75) is 134 Å². The maximum absolute atomic E-state index is 13.3. The van der Waals surface area contributed by atoms with Crippen LogP contribution in [0.5, 0.6) is 0 Å². The van der Waals surface area contributed by atoms with Crippen LogP contribution >= 0.6 is 0 Å². The van der Waals surface area contributed by atoms with Crippen molar-refractivity contribution in [1.29, 1.82) is 0 Å². The average Bonchev–Trinajstić information content (AvgIpc) is 3.08. The Kier molecular flexibility index (Phi) is 27.2. The van der Waals surface area contributed by atoms with Gasteiger partial charge in [-0.2, -0.15) is 0 Å². The summed E-state index contributed by atoms with van der Waals surface area (Å²) >= 11 is 0. The summed E-state index contributed by atoms with van der Waals surface area (Å²) in [6, 6.07) is -1.08. The van der Waals surface area contributed by atoms with Gasteiger partial charge in [0.05, 0.1) is 26.4 Å². The second-order valence-electron chi connectivity index (χ2n) is 12.4. The minimum Gasteiger partial charge on any atom is -0.480 e. The third kappa shape index (κ3) is 24.1. The largest absolute Gasteiger partial charge is 0.480 e. The molecule has 1 radical (unpaired) electrons. The van der Waals surface area contributed by atoms with Gasteiger partial charge in [-0.25, -0.2) is 0 Å². The summed E-state index contributed by atoms with van der Waals surface area (Å²) in [7, 11) is 0. The number of aliphatic carboxylic acids is 1. The zero-order chi connectivity index (χ0) is 36.0. The fourth-order valence-corrected chi connectivity index (χ4v) is 5.40. The highest BCUT2D eigenvalue weighted by Crippen LogP contribution is 2.18. The Balaban J connectivity index is 2.46. The number of nitrogens with one attached hydrogen (secondary N) is 2. The molecule has 2 unspecified atom stereocenters. The molecule has 5 N–H and O–H groups in total. The molecular weight excluding hydrogens is 638 g/mol. The molecule has 2 amide bonds. The quantitative estimate of drug-likeness (QED) is 0.144. The van der Waals surface area contributed by atoms with Crippen LogP contribution in [0, 0.1) is 0 Å². The number of amides is 2. The van der Waals surface area contributed by atoms with E-state index in [-0.39, 0.29) is 89.3 Å². The molecule has 0 aromatic rings. The molecule has 1 aliphatic carbocycles. The zero-order valence-electron chi connectivity index (χ0n) is 29.2. The SMILES string of the molecule is N[C@@H](CCC(=O)NCCOCCOCC(=O)NCCOC1C(=O)CCCCCCCCCCCCCCCCC(=O)C1OC[C]=O)C(=O)O. The standard InChI is InChI=1S/C35H60N3O11/c36-28(35(44)45)17-18-31(42)37-19-22-46-25-26-47-27-32(43)38-20-23-48-33-29(40)15-13-11-9-7-5-3-1-2-4-6-8-10-12-14-16-30(41)34(33)49-24-21-39/h28,33-34H,1-20,22-27,36H2,(H,37,42)(H,38,43)(H,44,45)/t28-,33?,34?/m0/s1. The van der Waals surface area contributed by atoms with Crippen LogP contribution in [0.15, 0.2) is 0 Å². The third-order valence-corrected chi connectivity index (χ3v) is 8.22. The normalized spacial score (nSPS) is 20.2. The molecule has 1 saturated carbocycles. The molecule has 0 spiro atoms. The Morgan fingerprint density at radius 1 is 0.694 bits per heavy atom. The van der Waals surface area contributed by atoms with Crippen LogP contribution in [0.3, 0.4) is 0 Å². The van der Waals surface area contributed by atoms with Crippen molar-refractivity contribution < 1.29 is 52.8 Å². The molecular formula is C35H60N3O11. The highest BCUT2D eigenvalue weighted by atomic mass is 16.5. The van der Waals surface area contributed by atoms with Gasteiger partial charge in [-0.1, -0.05) is 77.0 Å². The molecule has 3 atom stereocenters. The van der Waals surface area contributed by atoms with Crippen LogP contribution in [0.25, 0.3) is 0 Å². The first-order valence-corrected chi connectivity index (χ1v) is 18.1. The minimum absolute atomic E-state index is 0.000908. The number of hydrogen-bond donors (Lipinski definition) is 4. The third-order valence-electron chi connectivity index (χ3n) is 8.22. The van der Waals surface area contributed by atoms with Crippen molar-refractivity contribution in [2.75, 3.05) is 52.7 Å². The lowest BCUT2D eigenvalue weighted by Crippen LogP contribution is -2.45. The van der Waals surface area contributed by atoms with Gasteiger partial charge in [0.25, 0.3) is 0 Å². The van der Waals surface area contributed by atoms with Crippen molar-refractivity contribution in [3.8, 4) is 0 Å². The van der Waals surface area contributed by atoms with Crippen molar-refractivity contribution in [3.63, 3.8) is 0 Å². The maximum Gasteiger partial charge on any atom is 0.320 e. The number of carboxylic acids is 1. The fraction of sp³-hybridized carbons (Fsp3) is 0.829. The maximum atomic E-state index is 13.3. The Morgan fingerprint density at radius 3 is 1.69 bits per heavy atom. The predicted octanol–water partition coefficient (Wildman–Crippen LogP) is 2.72. The Hall–Kier alpha value is -2.78. The lowest BCUT2D eigenvalue weighted by atomic mass is 9.96. The van der Waals surface area contributed by atoms with Gasteiger partial charge in [-0.15, -0.1) is 0 Å². The smallest absolute Gasteiger partial charge is 0.320 e. The van der Waals surface area contributed by atoms with Crippen molar-refractivity contribution in [1.82, 2.24) is 10.6 Å². The number of carbonyl (C=O) groups excluding carboxylic acids is 5. The molecule has 281 valence electrons. The summed E-state index contributed by atoms with van der Waals surface area (Å²) in [5.41, 5.74) is 5.37.